The van der Waals surface area contributed by atoms with Crippen LogP contribution < -0.4 is 16.4 Å². The monoisotopic (exact) mass is 487 g/mol. The van der Waals surface area contributed by atoms with Crippen molar-refractivity contribution in [1.29, 1.82) is 0 Å². The lowest BCUT2D eigenvalue weighted by Gasteiger charge is -2.27. The van der Waals surface area contributed by atoms with Gasteiger partial charge in [0.15, 0.2) is 5.78 Å². The number of hydrogen-bond acceptors (Lipinski definition) is 5. The molecule has 0 heterocycles. The maximum Gasteiger partial charge on any atom is 0.239 e. The summed E-state index contributed by atoms with van der Waals surface area (Å²) in [7, 11) is 0. The summed E-state index contributed by atoms with van der Waals surface area (Å²) in [6.07, 6.45) is 0.929. The van der Waals surface area contributed by atoms with E-state index in [4.69, 9.17) is 5.73 Å². The van der Waals surface area contributed by atoms with Gasteiger partial charge in [0, 0.05) is 31.6 Å². The molecule has 0 unspecified atom stereocenters. The van der Waals surface area contributed by atoms with E-state index in [1.165, 1.54) is 13.8 Å². The third kappa shape index (κ3) is 10.0. The number of ketones is 2. The molecule has 3 amide bonds. The van der Waals surface area contributed by atoms with Crippen molar-refractivity contribution in [3.8, 4) is 0 Å². The van der Waals surface area contributed by atoms with E-state index in [0.29, 0.717) is 12.8 Å². The molecule has 0 aliphatic rings. The van der Waals surface area contributed by atoms with Crippen LogP contribution in [-0.4, -0.2) is 41.4 Å². The van der Waals surface area contributed by atoms with Crippen molar-refractivity contribution in [1.82, 2.24) is 10.6 Å². The van der Waals surface area contributed by atoms with Crippen molar-refractivity contribution < 1.29 is 24.0 Å². The molecular formula is C27H41N3O5. The van der Waals surface area contributed by atoms with E-state index in [1.807, 2.05) is 58.0 Å². The number of carbonyl (C=O) groups is 5. The highest BCUT2D eigenvalue weighted by Gasteiger charge is 2.34. The Hall–Kier alpha value is -3.03. The largest absolute Gasteiger partial charge is 0.368 e. The van der Waals surface area contributed by atoms with Crippen LogP contribution in [0.15, 0.2) is 30.3 Å². The molecule has 1 aromatic rings. The summed E-state index contributed by atoms with van der Waals surface area (Å²) < 4.78 is 0. The molecule has 35 heavy (non-hydrogen) atoms. The van der Waals surface area contributed by atoms with Crippen molar-refractivity contribution in [3.63, 3.8) is 0 Å². The predicted molar refractivity (Wildman–Crippen MR) is 135 cm³/mol. The molecule has 0 saturated carbocycles. The zero-order valence-corrected chi connectivity index (χ0v) is 21.8. The standard InChI is InChI=1S/C27H41N3O5/c1-7-17(4)25(30-19(6)31)24(33)15-22(16(2)3)23(32)14-21(13-20-11-9-8-10-12-20)27(35)29-18(5)26(28)34/h8-12,16-18,21-22,25H,7,13-15H2,1-6H3,(H2,28,34)(H,29,35)(H,30,31)/t17-,18+,21+,22-,25-/m0/s1. The molecule has 0 aliphatic heterocycles. The predicted octanol–water partition coefficient (Wildman–Crippen LogP) is 2.58. The maximum absolute atomic E-state index is 13.4. The highest BCUT2D eigenvalue weighted by molar-refractivity contribution is 5.95. The molecule has 0 fully saturated rings. The lowest BCUT2D eigenvalue weighted by molar-refractivity contribution is -0.135. The minimum absolute atomic E-state index is 0.0108. The van der Waals surface area contributed by atoms with Gasteiger partial charge < -0.3 is 16.4 Å². The fourth-order valence-corrected chi connectivity index (χ4v) is 4.01. The Labute approximate surface area is 208 Å². The van der Waals surface area contributed by atoms with Crippen LogP contribution in [0.25, 0.3) is 0 Å². The summed E-state index contributed by atoms with van der Waals surface area (Å²) in [5, 5.41) is 5.33. The molecule has 8 nitrogen and oxygen atoms in total. The van der Waals surface area contributed by atoms with Crippen LogP contribution in [0.3, 0.4) is 0 Å². The molecule has 4 N–H and O–H groups in total. The van der Waals surface area contributed by atoms with Gasteiger partial charge in [-0.15, -0.1) is 0 Å². The van der Waals surface area contributed by atoms with Gasteiger partial charge in [0.2, 0.25) is 17.7 Å². The summed E-state index contributed by atoms with van der Waals surface area (Å²) in [5.74, 6) is -3.28. The van der Waals surface area contributed by atoms with Gasteiger partial charge in [-0.2, -0.15) is 0 Å². The molecule has 8 heteroatoms. The number of hydrogen-bond donors (Lipinski definition) is 3. The molecule has 1 aromatic carbocycles. The van der Waals surface area contributed by atoms with Crippen LogP contribution in [0.4, 0.5) is 0 Å². The van der Waals surface area contributed by atoms with Gasteiger partial charge in [-0.3, -0.25) is 24.0 Å². The second-order valence-electron chi connectivity index (χ2n) is 9.77. The van der Waals surface area contributed by atoms with Crippen molar-refractivity contribution in [2.45, 2.75) is 79.3 Å². The average molecular weight is 488 g/mol. The number of rotatable bonds is 15. The van der Waals surface area contributed by atoms with Crippen LogP contribution in [0.1, 0.15) is 66.4 Å². The summed E-state index contributed by atoms with van der Waals surface area (Å²) in [5.41, 5.74) is 6.17. The summed E-state index contributed by atoms with van der Waals surface area (Å²) in [4.78, 5) is 62.6. The first-order valence-electron chi connectivity index (χ1n) is 12.3. The Bertz CT molecular complexity index is 884. The molecular weight excluding hydrogens is 446 g/mol. The summed E-state index contributed by atoms with van der Waals surface area (Å²) in [6.45, 7) is 10.4. The Morgan fingerprint density at radius 1 is 0.886 bits per heavy atom. The number of Topliss-reactive ketones (excluding diaryl/α,β-unsaturated/α-hetero) is 2. The first-order valence-corrected chi connectivity index (χ1v) is 12.3. The minimum atomic E-state index is -0.868. The van der Waals surface area contributed by atoms with E-state index in [0.717, 1.165) is 5.56 Å². The molecule has 0 aromatic heterocycles. The minimum Gasteiger partial charge on any atom is -0.368 e. The van der Waals surface area contributed by atoms with E-state index < -0.39 is 35.7 Å². The first-order chi connectivity index (χ1) is 16.4. The van der Waals surface area contributed by atoms with E-state index >= 15 is 0 Å². The normalized spacial score (nSPS) is 15.4. The van der Waals surface area contributed by atoms with Crippen molar-refractivity contribution in [2.75, 3.05) is 0 Å². The number of carbonyl (C=O) groups excluding carboxylic acids is 5. The number of benzene rings is 1. The third-order valence-corrected chi connectivity index (χ3v) is 6.49. The van der Waals surface area contributed by atoms with E-state index in [2.05, 4.69) is 10.6 Å². The summed E-state index contributed by atoms with van der Waals surface area (Å²) >= 11 is 0. The number of nitrogens with one attached hydrogen (secondary N) is 2. The molecule has 1 rings (SSSR count). The average Bonchev–Trinajstić information content (AvgIpc) is 2.79. The molecule has 0 saturated heterocycles. The molecule has 0 aliphatic carbocycles. The topological polar surface area (TPSA) is 135 Å². The molecule has 0 spiro atoms. The van der Waals surface area contributed by atoms with Gasteiger partial charge in [0.05, 0.1) is 6.04 Å². The Morgan fingerprint density at radius 3 is 1.97 bits per heavy atom. The smallest absolute Gasteiger partial charge is 0.239 e. The Kier molecular flexibility index (Phi) is 12.3. The molecule has 194 valence electrons. The zero-order chi connectivity index (χ0) is 26.7. The summed E-state index contributed by atoms with van der Waals surface area (Å²) in [6, 6.07) is 7.78. The van der Waals surface area contributed by atoms with Gasteiger partial charge >= 0.3 is 0 Å². The van der Waals surface area contributed by atoms with Crippen LogP contribution in [-0.2, 0) is 30.4 Å². The SMILES string of the molecule is CC[C@H](C)[C@H](NC(C)=O)C(=O)C[C@H](C(=O)C[C@@H](Cc1ccccc1)C(=O)N[C@H](C)C(N)=O)C(C)C. The Morgan fingerprint density at radius 2 is 1.49 bits per heavy atom. The van der Waals surface area contributed by atoms with Crippen molar-refractivity contribution >= 4 is 29.3 Å². The highest BCUT2D eigenvalue weighted by atomic mass is 16.2. The van der Waals surface area contributed by atoms with Gasteiger partial charge in [-0.05, 0) is 30.7 Å². The molecule has 0 bridgehead atoms. The number of primary amides is 1. The van der Waals surface area contributed by atoms with Gasteiger partial charge in [0.25, 0.3) is 0 Å². The molecule has 5 atom stereocenters. The fourth-order valence-electron chi connectivity index (χ4n) is 4.01. The lowest BCUT2D eigenvalue weighted by Crippen LogP contribution is -2.46. The zero-order valence-electron chi connectivity index (χ0n) is 21.8. The van der Waals surface area contributed by atoms with Crippen LogP contribution in [0.2, 0.25) is 0 Å². The van der Waals surface area contributed by atoms with Gasteiger partial charge in [-0.25, -0.2) is 0 Å². The molecule has 0 radical (unpaired) electrons. The van der Waals surface area contributed by atoms with Gasteiger partial charge in [0.1, 0.15) is 11.8 Å². The number of nitrogens with two attached hydrogens (primary N) is 1. The number of amides is 3. The second-order valence-corrected chi connectivity index (χ2v) is 9.77. The van der Waals surface area contributed by atoms with E-state index in [-0.39, 0.29) is 42.2 Å². The third-order valence-electron chi connectivity index (χ3n) is 6.49. The quantitative estimate of drug-likeness (QED) is 0.349. The van der Waals surface area contributed by atoms with Crippen LogP contribution in [0, 0.1) is 23.7 Å². The van der Waals surface area contributed by atoms with Crippen molar-refractivity contribution in [2.24, 2.45) is 29.4 Å². The Balaban J connectivity index is 3.10. The van der Waals surface area contributed by atoms with Crippen LogP contribution >= 0.6 is 0 Å². The van der Waals surface area contributed by atoms with Crippen LogP contribution in [0.5, 0.6) is 0 Å². The second kappa shape index (κ2) is 14.4. The fraction of sp³-hybridized carbons (Fsp3) is 0.593. The van der Waals surface area contributed by atoms with Crippen molar-refractivity contribution in [3.05, 3.63) is 35.9 Å². The highest BCUT2D eigenvalue weighted by Crippen LogP contribution is 2.25. The van der Waals surface area contributed by atoms with E-state index in [9.17, 15) is 24.0 Å². The van der Waals surface area contributed by atoms with E-state index in [1.54, 1.807) is 0 Å². The lowest BCUT2D eigenvalue weighted by atomic mass is 9.79. The first kappa shape index (κ1) is 30.0. The maximum atomic E-state index is 13.4. The van der Waals surface area contributed by atoms with Gasteiger partial charge in [-0.1, -0.05) is 64.4 Å².